The summed E-state index contributed by atoms with van der Waals surface area (Å²) < 4.78 is 29.3. The maximum atomic E-state index is 12.5. The van der Waals surface area contributed by atoms with Gasteiger partial charge in [-0.05, 0) is 18.2 Å². The van der Waals surface area contributed by atoms with Gasteiger partial charge in [-0.1, -0.05) is 0 Å². The van der Waals surface area contributed by atoms with Crippen LogP contribution in [0.15, 0.2) is 12.1 Å². The molecule has 0 aliphatic carbocycles. The Balaban J connectivity index is 3.17. The lowest BCUT2D eigenvalue weighted by atomic mass is 10.3. The number of benzene rings is 1. The summed E-state index contributed by atoms with van der Waals surface area (Å²) in [6.07, 6.45) is 0. The monoisotopic (exact) mass is 143 g/mol. The van der Waals surface area contributed by atoms with Crippen molar-refractivity contribution in [3.63, 3.8) is 0 Å². The van der Waals surface area contributed by atoms with Crippen LogP contribution < -0.4 is 4.74 Å². The average molecular weight is 143 g/mol. The Bertz CT molecular complexity index is 215. The molecule has 53 valence electrons. The molecular formula is C7H5F2O. The lowest BCUT2D eigenvalue weighted by Crippen LogP contribution is -1.90. The number of hydrogen-bond acceptors (Lipinski definition) is 1. The molecule has 0 aliphatic rings. The molecule has 0 amide bonds. The van der Waals surface area contributed by atoms with Crippen LogP contribution >= 0.6 is 0 Å². The zero-order chi connectivity index (χ0) is 7.56. The van der Waals surface area contributed by atoms with Gasteiger partial charge in [-0.25, -0.2) is 8.78 Å². The highest BCUT2D eigenvalue weighted by molar-refractivity contribution is 5.24. The molecule has 1 rings (SSSR count). The molecule has 0 heterocycles. The van der Waals surface area contributed by atoms with Gasteiger partial charge in [-0.3, -0.25) is 0 Å². The molecule has 1 aromatic rings. The molecule has 0 aromatic heterocycles. The van der Waals surface area contributed by atoms with E-state index in [9.17, 15) is 8.78 Å². The molecule has 3 heteroatoms. The van der Waals surface area contributed by atoms with Gasteiger partial charge >= 0.3 is 0 Å². The molecule has 0 N–H and O–H groups in total. The fraction of sp³-hybridized carbons (Fsp3) is 0.143. The summed E-state index contributed by atoms with van der Waals surface area (Å²) in [5, 5.41) is 0. The van der Waals surface area contributed by atoms with Crippen LogP contribution in [-0.4, -0.2) is 7.11 Å². The number of hydrogen-bond donors (Lipinski definition) is 0. The molecule has 1 radical (unpaired) electrons. The van der Waals surface area contributed by atoms with Gasteiger partial charge < -0.3 is 4.74 Å². The summed E-state index contributed by atoms with van der Waals surface area (Å²) in [5.41, 5.74) is 0. The Kier molecular flexibility index (Phi) is 1.85. The van der Waals surface area contributed by atoms with Crippen molar-refractivity contribution in [2.24, 2.45) is 0 Å². The Morgan fingerprint density at radius 2 is 1.80 bits per heavy atom. The molecule has 0 spiro atoms. The SMILES string of the molecule is COc1c(F)c[c]cc1F. The lowest BCUT2D eigenvalue weighted by molar-refractivity contribution is 0.360. The van der Waals surface area contributed by atoms with Crippen molar-refractivity contribution >= 4 is 0 Å². The van der Waals surface area contributed by atoms with E-state index in [1.54, 1.807) is 0 Å². The maximum absolute atomic E-state index is 12.5. The summed E-state index contributed by atoms with van der Waals surface area (Å²) >= 11 is 0. The van der Waals surface area contributed by atoms with Crippen molar-refractivity contribution in [1.82, 2.24) is 0 Å². The first-order valence-electron chi connectivity index (χ1n) is 2.65. The van der Waals surface area contributed by atoms with Crippen LogP contribution in [-0.2, 0) is 0 Å². The Hall–Kier alpha value is -1.12. The third-order valence-electron chi connectivity index (χ3n) is 1.06. The molecular weight excluding hydrogens is 138 g/mol. The van der Waals surface area contributed by atoms with E-state index < -0.39 is 11.6 Å². The first kappa shape index (κ1) is 6.99. The van der Waals surface area contributed by atoms with Gasteiger partial charge in [0.25, 0.3) is 0 Å². The number of ether oxygens (including phenoxy) is 1. The molecule has 10 heavy (non-hydrogen) atoms. The van der Waals surface area contributed by atoms with E-state index in [1.807, 2.05) is 0 Å². The van der Waals surface area contributed by atoms with E-state index in [-0.39, 0.29) is 5.75 Å². The highest BCUT2D eigenvalue weighted by Gasteiger charge is 2.06. The molecule has 1 aromatic carbocycles. The van der Waals surface area contributed by atoms with Gasteiger partial charge in [0.05, 0.1) is 7.11 Å². The lowest BCUT2D eigenvalue weighted by Gasteiger charge is -2.00. The largest absolute Gasteiger partial charge is 0.491 e. The average Bonchev–Trinajstić information content (AvgIpc) is 1.88. The fourth-order valence-corrected chi connectivity index (χ4v) is 0.628. The highest BCUT2D eigenvalue weighted by Crippen LogP contribution is 2.19. The van der Waals surface area contributed by atoms with Crippen LogP contribution in [0.3, 0.4) is 0 Å². The predicted molar refractivity (Wildman–Crippen MR) is 31.7 cm³/mol. The minimum atomic E-state index is -0.734. The van der Waals surface area contributed by atoms with Crippen molar-refractivity contribution < 1.29 is 13.5 Å². The predicted octanol–water partition coefficient (Wildman–Crippen LogP) is 1.77. The minimum Gasteiger partial charge on any atom is -0.491 e. The Morgan fingerprint density at radius 1 is 1.30 bits per heavy atom. The number of methoxy groups -OCH3 is 1. The van der Waals surface area contributed by atoms with Gasteiger partial charge in [0.1, 0.15) is 0 Å². The zero-order valence-corrected chi connectivity index (χ0v) is 5.32. The molecule has 0 unspecified atom stereocenters. The van der Waals surface area contributed by atoms with Gasteiger partial charge in [-0.15, -0.1) is 0 Å². The van der Waals surface area contributed by atoms with Crippen molar-refractivity contribution in [3.05, 3.63) is 29.8 Å². The van der Waals surface area contributed by atoms with Crippen molar-refractivity contribution in [1.29, 1.82) is 0 Å². The van der Waals surface area contributed by atoms with Crippen LogP contribution in [0.5, 0.6) is 5.75 Å². The van der Waals surface area contributed by atoms with E-state index in [4.69, 9.17) is 0 Å². The van der Waals surface area contributed by atoms with E-state index >= 15 is 0 Å². The van der Waals surface area contributed by atoms with Gasteiger partial charge in [-0.2, -0.15) is 0 Å². The van der Waals surface area contributed by atoms with E-state index in [0.29, 0.717) is 0 Å². The van der Waals surface area contributed by atoms with Gasteiger partial charge in [0.2, 0.25) is 0 Å². The first-order valence-corrected chi connectivity index (χ1v) is 2.65. The van der Waals surface area contributed by atoms with Crippen LogP contribution in [0.2, 0.25) is 0 Å². The van der Waals surface area contributed by atoms with Gasteiger partial charge in [0.15, 0.2) is 17.4 Å². The zero-order valence-electron chi connectivity index (χ0n) is 5.32. The highest BCUT2D eigenvalue weighted by atomic mass is 19.1. The minimum absolute atomic E-state index is 0.362. The number of halogens is 2. The maximum Gasteiger partial charge on any atom is 0.190 e. The number of rotatable bonds is 1. The topological polar surface area (TPSA) is 9.23 Å². The van der Waals surface area contributed by atoms with E-state index in [2.05, 4.69) is 10.8 Å². The normalized spacial score (nSPS) is 9.50. The second-order valence-electron chi connectivity index (χ2n) is 1.68. The summed E-state index contributed by atoms with van der Waals surface area (Å²) in [5.74, 6) is -1.83. The van der Waals surface area contributed by atoms with Crippen LogP contribution in [0, 0.1) is 17.7 Å². The molecule has 0 fully saturated rings. The molecule has 0 saturated heterocycles. The summed E-state index contributed by atoms with van der Waals surface area (Å²) in [4.78, 5) is 0. The summed E-state index contributed by atoms with van der Waals surface area (Å²) in [6.45, 7) is 0. The third kappa shape index (κ3) is 1.07. The smallest absolute Gasteiger partial charge is 0.190 e. The Morgan fingerprint density at radius 3 is 2.10 bits per heavy atom. The van der Waals surface area contributed by atoms with E-state index in [1.165, 1.54) is 7.11 Å². The second kappa shape index (κ2) is 2.64. The van der Waals surface area contributed by atoms with E-state index in [0.717, 1.165) is 12.1 Å². The molecule has 0 atom stereocenters. The first-order chi connectivity index (χ1) is 4.75. The molecule has 0 aliphatic heterocycles. The Labute approximate surface area is 57.2 Å². The third-order valence-corrected chi connectivity index (χ3v) is 1.06. The van der Waals surface area contributed by atoms with Crippen LogP contribution in [0.4, 0.5) is 8.78 Å². The quantitative estimate of drug-likeness (QED) is 0.582. The van der Waals surface area contributed by atoms with Crippen molar-refractivity contribution in [3.8, 4) is 5.75 Å². The molecule has 0 bridgehead atoms. The van der Waals surface area contributed by atoms with Gasteiger partial charge in [0, 0.05) is 0 Å². The summed E-state index contributed by atoms with van der Waals surface area (Å²) in [6, 6.07) is 4.31. The van der Waals surface area contributed by atoms with Crippen LogP contribution in [0.1, 0.15) is 0 Å². The molecule has 0 saturated carbocycles. The fourth-order valence-electron chi connectivity index (χ4n) is 0.628. The summed E-state index contributed by atoms with van der Waals surface area (Å²) in [7, 11) is 1.21. The van der Waals surface area contributed by atoms with Crippen LogP contribution in [0.25, 0.3) is 0 Å². The van der Waals surface area contributed by atoms with Crippen molar-refractivity contribution in [2.75, 3.05) is 7.11 Å². The van der Waals surface area contributed by atoms with Crippen molar-refractivity contribution in [2.45, 2.75) is 0 Å². The second-order valence-corrected chi connectivity index (χ2v) is 1.68. The molecule has 1 nitrogen and oxygen atoms in total. The standard InChI is InChI=1S/C7H5F2O/c1-10-7-5(8)3-2-4-6(7)9/h3-4H,1H3.